The Hall–Kier alpha value is -1.58. The van der Waals surface area contributed by atoms with Gasteiger partial charge in [0.1, 0.15) is 12.2 Å². The van der Waals surface area contributed by atoms with E-state index in [1.807, 2.05) is 0 Å². The Bertz CT molecular complexity index is 350. The average molecular weight is 294 g/mol. The average Bonchev–Trinajstić information content (AvgIpc) is 3.01. The summed E-state index contributed by atoms with van der Waals surface area (Å²) in [7, 11) is 0. The lowest BCUT2D eigenvalue weighted by Crippen LogP contribution is -2.19. The van der Waals surface area contributed by atoms with E-state index in [0.717, 1.165) is 25.7 Å². The summed E-state index contributed by atoms with van der Waals surface area (Å²) >= 11 is 0. The molecule has 4 heteroatoms. The van der Waals surface area contributed by atoms with E-state index in [4.69, 9.17) is 9.47 Å². The fraction of sp³-hybridized carbons (Fsp3) is 0.647. The van der Waals surface area contributed by atoms with Crippen molar-refractivity contribution in [1.29, 1.82) is 0 Å². The number of hydrogen-bond donors (Lipinski definition) is 0. The number of hydrogen-bond acceptors (Lipinski definition) is 4. The molecule has 0 N–H and O–H groups in total. The molecular formula is C17H26O4. The normalized spacial score (nSPS) is 19.0. The van der Waals surface area contributed by atoms with Crippen LogP contribution in [0.15, 0.2) is 25.3 Å². The predicted octanol–water partition coefficient (Wildman–Crippen LogP) is 3.71. The van der Waals surface area contributed by atoms with Gasteiger partial charge in [-0.1, -0.05) is 19.6 Å². The lowest BCUT2D eigenvalue weighted by molar-refractivity contribution is -0.144. The zero-order valence-electron chi connectivity index (χ0n) is 12.7. The van der Waals surface area contributed by atoms with E-state index in [1.54, 1.807) is 0 Å². The van der Waals surface area contributed by atoms with Gasteiger partial charge in [-0.2, -0.15) is 0 Å². The Morgan fingerprint density at radius 1 is 0.714 bits per heavy atom. The standard InChI is InChI=1S/C9H14O2.C8H12O2/c1-2-9(10)11-8-6-4-3-5-7-8;1-2-8(9)10-7-5-3-4-6-7/h2,8H,1,3-7H2;2,7H,1,3-6H2. The van der Waals surface area contributed by atoms with Gasteiger partial charge in [-0.15, -0.1) is 0 Å². The molecule has 0 aromatic carbocycles. The predicted molar refractivity (Wildman–Crippen MR) is 81.7 cm³/mol. The van der Waals surface area contributed by atoms with Crippen molar-refractivity contribution < 1.29 is 19.1 Å². The van der Waals surface area contributed by atoms with E-state index in [0.29, 0.717) is 0 Å². The molecule has 0 radical (unpaired) electrons. The minimum atomic E-state index is -0.285. The first-order valence-corrected chi connectivity index (χ1v) is 7.81. The first kappa shape index (κ1) is 17.5. The monoisotopic (exact) mass is 294 g/mol. The van der Waals surface area contributed by atoms with Crippen molar-refractivity contribution in [3.05, 3.63) is 25.3 Å². The Kier molecular flexibility index (Phi) is 8.48. The van der Waals surface area contributed by atoms with Crippen molar-refractivity contribution >= 4 is 11.9 Å². The van der Waals surface area contributed by atoms with Gasteiger partial charge >= 0.3 is 11.9 Å². The fourth-order valence-electron chi connectivity index (χ4n) is 2.61. The smallest absolute Gasteiger partial charge is 0.330 e. The highest BCUT2D eigenvalue weighted by Gasteiger charge is 2.17. The molecule has 118 valence electrons. The second-order valence-corrected chi connectivity index (χ2v) is 5.45. The van der Waals surface area contributed by atoms with Gasteiger partial charge in [0, 0.05) is 12.2 Å². The van der Waals surface area contributed by atoms with Gasteiger partial charge in [-0.3, -0.25) is 0 Å². The number of ether oxygens (including phenoxy) is 2. The Balaban J connectivity index is 0.000000211. The third-order valence-electron chi connectivity index (χ3n) is 3.75. The van der Waals surface area contributed by atoms with Crippen molar-refractivity contribution in [1.82, 2.24) is 0 Å². The summed E-state index contributed by atoms with van der Waals surface area (Å²) in [5.41, 5.74) is 0. The van der Waals surface area contributed by atoms with Crippen LogP contribution in [0, 0.1) is 0 Å². The topological polar surface area (TPSA) is 52.6 Å². The highest BCUT2D eigenvalue weighted by atomic mass is 16.5. The van der Waals surface area contributed by atoms with Crippen LogP contribution in [0.3, 0.4) is 0 Å². The number of esters is 2. The molecule has 0 aromatic heterocycles. The molecule has 2 aliphatic carbocycles. The molecular weight excluding hydrogens is 268 g/mol. The van der Waals surface area contributed by atoms with Crippen LogP contribution in [0.5, 0.6) is 0 Å². The zero-order chi connectivity index (χ0) is 15.5. The fourth-order valence-corrected chi connectivity index (χ4v) is 2.61. The molecule has 2 aliphatic rings. The molecule has 2 rings (SSSR count). The summed E-state index contributed by atoms with van der Waals surface area (Å²) in [5.74, 6) is -0.566. The van der Waals surface area contributed by atoms with Gasteiger partial charge in [-0.05, 0) is 51.4 Å². The van der Waals surface area contributed by atoms with Crippen molar-refractivity contribution in [2.24, 2.45) is 0 Å². The summed E-state index contributed by atoms with van der Waals surface area (Å²) in [6, 6.07) is 0. The zero-order valence-corrected chi connectivity index (χ0v) is 12.7. The van der Waals surface area contributed by atoms with Crippen molar-refractivity contribution in [3.8, 4) is 0 Å². The summed E-state index contributed by atoms with van der Waals surface area (Å²) in [6.07, 6.45) is 12.9. The number of rotatable bonds is 4. The first-order valence-electron chi connectivity index (χ1n) is 7.81. The maximum absolute atomic E-state index is 10.7. The van der Waals surface area contributed by atoms with Crippen LogP contribution in [0.2, 0.25) is 0 Å². The lowest BCUT2D eigenvalue weighted by Gasteiger charge is -2.20. The number of carbonyl (C=O) groups is 2. The van der Waals surface area contributed by atoms with Crippen LogP contribution in [-0.4, -0.2) is 24.1 Å². The van der Waals surface area contributed by atoms with E-state index in [2.05, 4.69) is 13.2 Å². The highest BCUT2D eigenvalue weighted by molar-refractivity contribution is 5.81. The molecule has 0 aromatic rings. The second-order valence-electron chi connectivity index (χ2n) is 5.45. The Morgan fingerprint density at radius 2 is 1.05 bits per heavy atom. The molecule has 0 bridgehead atoms. The van der Waals surface area contributed by atoms with Crippen LogP contribution in [-0.2, 0) is 19.1 Å². The molecule has 0 heterocycles. The van der Waals surface area contributed by atoms with Crippen LogP contribution in [0.25, 0.3) is 0 Å². The van der Waals surface area contributed by atoms with Crippen LogP contribution >= 0.6 is 0 Å². The molecule has 0 unspecified atom stereocenters. The quantitative estimate of drug-likeness (QED) is 0.586. The van der Waals surface area contributed by atoms with Crippen LogP contribution in [0.1, 0.15) is 57.8 Å². The van der Waals surface area contributed by atoms with E-state index >= 15 is 0 Å². The summed E-state index contributed by atoms with van der Waals surface area (Å²) in [6.45, 7) is 6.68. The molecule has 2 fully saturated rings. The summed E-state index contributed by atoms with van der Waals surface area (Å²) in [5, 5.41) is 0. The minimum Gasteiger partial charge on any atom is -0.459 e. The minimum absolute atomic E-state index is 0.161. The summed E-state index contributed by atoms with van der Waals surface area (Å²) in [4.78, 5) is 21.4. The Morgan fingerprint density at radius 3 is 1.38 bits per heavy atom. The lowest BCUT2D eigenvalue weighted by atomic mass is 9.98. The van der Waals surface area contributed by atoms with Gasteiger partial charge in [0.25, 0.3) is 0 Å². The Labute approximate surface area is 127 Å². The van der Waals surface area contributed by atoms with Crippen molar-refractivity contribution in [2.75, 3.05) is 0 Å². The summed E-state index contributed by atoms with van der Waals surface area (Å²) < 4.78 is 10.1. The van der Waals surface area contributed by atoms with Crippen molar-refractivity contribution in [3.63, 3.8) is 0 Å². The van der Waals surface area contributed by atoms with E-state index in [9.17, 15) is 9.59 Å². The second kappa shape index (κ2) is 10.2. The van der Waals surface area contributed by atoms with Crippen LogP contribution < -0.4 is 0 Å². The van der Waals surface area contributed by atoms with Crippen molar-refractivity contribution in [2.45, 2.75) is 70.0 Å². The van der Waals surface area contributed by atoms with E-state index < -0.39 is 0 Å². The third-order valence-corrected chi connectivity index (χ3v) is 3.75. The van der Waals surface area contributed by atoms with Gasteiger partial charge in [-0.25, -0.2) is 9.59 Å². The largest absolute Gasteiger partial charge is 0.459 e. The molecule has 2 saturated carbocycles. The third kappa shape index (κ3) is 7.69. The van der Waals surface area contributed by atoms with Gasteiger partial charge in [0.2, 0.25) is 0 Å². The van der Waals surface area contributed by atoms with Gasteiger partial charge < -0.3 is 9.47 Å². The molecule has 4 nitrogen and oxygen atoms in total. The molecule has 21 heavy (non-hydrogen) atoms. The van der Waals surface area contributed by atoms with E-state index in [-0.39, 0.29) is 24.1 Å². The number of carbonyl (C=O) groups excluding carboxylic acids is 2. The molecule has 0 aliphatic heterocycles. The van der Waals surface area contributed by atoms with Gasteiger partial charge in [0.05, 0.1) is 0 Å². The van der Waals surface area contributed by atoms with E-state index in [1.165, 1.54) is 44.3 Å². The van der Waals surface area contributed by atoms with Gasteiger partial charge in [0.15, 0.2) is 0 Å². The van der Waals surface area contributed by atoms with Crippen LogP contribution in [0.4, 0.5) is 0 Å². The molecule has 0 spiro atoms. The maximum atomic E-state index is 10.7. The molecule has 0 saturated heterocycles. The molecule has 0 amide bonds. The highest BCUT2D eigenvalue weighted by Crippen LogP contribution is 2.21. The first-order chi connectivity index (χ1) is 10.2. The molecule has 0 atom stereocenters. The SMILES string of the molecule is C=CC(=O)OC1CCCC1.C=CC(=O)OC1CCCCC1. The maximum Gasteiger partial charge on any atom is 0.330 e.